The molecule has 1 aromatic carbocycles. The lowest BCUT2D eigenvalue weighted by atomic mass is 10.2. The lowest BCUT2D eigenvalue weighted by Gasteiger charge is -2.34. The van der Waals surface area contributed by atoms with Crippen molar-refractivity contribution in [2.45, 2.75) is 6.54 Å². The van der Waals surface area contributed by atoms with Crippen molar-refractivity contribution in [2.24, 2.45) is 4.99 Å². The number of nitrogens with zero attached hydrogens (tertiary/aromatic N) is 5. The molecule has 2 N–H and O–H groups in total. The highest BCUT2D eigenvalue weighted by Gasteiger charge is 2.18. The van der Waals surface area contributed by atoms with E-state index in [0.29, 0.717) is 23.8 Å². The van der Waals surface area contributed by atoms with E-state index in [1.807, 2.05) is 18.2 Å². The third kappa shape index (κ3) is 6.13. The molecule has 1 fully saturated rings. The molecule has 0 radical (unpaired) electrons. The number of hydrogen-bond donors (Lipinski definition) is 2. The van der Waals surface area contributed by atoms with Gasteiger partial charge in [0.1, 0.15) is 0 Å². The first-order valence-electron chi connectivity index (χ1n) is 10.7. The molecule has 0 spiro atoms. The van der Waals surface area contributed by atoms with E-state index in [1.165, 1.54) is 0 Å². The van der Waals surface area contributed by atoms with Gasteiger partial charge in [-0.15, -0.1) is 0 Å². The van der Waals surface area contributed by atoms with Gasteiger partial charge >= 0.3 is 0 Å². The maximum atomic E-state index is 5.42. The largest absolute Gasteiger partial charge is 0.493 e. The smallest absolute Gasteiger partial charge is 0.225 e. The number of aromatic nitrogens is 2. The predicted octanol–water partition coefficient (Wildman–Crippen LogP) is 0.990. The van der Waals surface area contributed by atoms with Crippen LogP contribution in [0.4, 0.5) is 5.95 Å². The number of ether oxygens (including phenoxy) is 3. The maximum Gasteiger partial charge on any atom is 0.225 e. The van der Waals surface area contributed by atoms with Crippen molar-refractivity contribution in [1.82, 2.24) is 25.5 Å². The summed E-state index contributed by atoms with van der Waals surface area (Å²) in [7, 11) is 6.59. The molecular weight excluding hydrogens is 410 g/mol. The number of nitrogens with one attached hydrogen (secondary N) is 2. The zero-order chi connectivity index (χ0) is 22.8. The molecule has 0 unspecified atom stereocenters. The second-order valence-corrected chi connectivity index (χ2v) is 7.26. The van der Waals surface area contributed by atoms with Gasteiger partial charge in [-0.05, 0) is 23.8 Å². The number of hydrogen-bond acceptors (Lipinski definition) is 8. The Kier molecular flexibility index (Phi) is 8.73. The molecule has 2 aromatic rings. The van der Waals surface area contributed by atoms with Crippen LogP contribution in [0.5, 0.6) is 17.2 Å². The molecule has 10 nitrogen and oxygen atoms in total. The van der Waals surface area contributed by atoms with E-state index < -0.39 is 0 Å². The van der Waals surface area contributed by atoms with Gasteiger partial charge in [0.15, 0.2) is 17.5 Å². The summed E-state index contributed by atoms with van der Waals surface area (Å²) in [5.41, 5.74) is 1.00. The minimum atomic E-state index is 0.576. The van der Waals surface area contributed by atoms with Gasteiger partial charge in [-0.3, -0.25) is 9.89 Å². The lowest BCUT2D eigenvalue weighted by Crippen LogP contribution is -2.49. The first kappa shape index (κ1) is 23.4. The molecule has 32 heavy (non-hydrogen) atoms. The highest BCUT2D eigenvalue weighted by molar-refractivity contribution is 5.79. The Hall–Kier alpha value is -3.27. The zero-order valence-corrected chi connectivity index (χ0v) is 19.3. The first-order valence-corrected chi connectivity index (χ1v) is 10.7. The third-order valence-electron chi connectivity index (χ3n) is 5.34. The van der Waals surface area contributed by atoms with Crippen molar-refractivity contribution in [1.29, 1.82) is 0 Å². The van der Waals surface area contributed by atoms with Gasteiger partial charge in [0.05, 0.1) is 21.3 Å². The molecule has 0 bridgehead atoms. The number of methoxy groups -OCH3 is 3. The van der Waals surface area contributed by atoms with Gasteiger partial charge in [-0.2, -0.15) is 0 Å². The van der Waals surface area contributed by atoms with Crippen LogP contribution in [0.25, 0.3) is 0 Å². The average molecular weight is 444 g/mol. The highest BCUT2D eigenvalue weighted by Crippen LogP contribution is 2.38. The summed E-state index contributed by atoms with van der Waals surface area (Å²) in [6.07, 6.45) is 3.57. The summed E-state index contributed by atoms with van der Waals surface area (Å²) in [5, 5.41) is 6.72. The standard InChI is InChI=1S/C22H33N7O3/c1-23-21(27-16-17-14-18(30-2)20(32-4)19(15-17)31-3)24-8-9-28-10-12-29(13-11-28)22-25-6-5-7-26-22/h5-7,14-15H,8-13,16H2,1-4H3,(H2,23,24,27). The summed E-state index contributed by atoms with van der Waals surface area (Å²) < 4.78 is 16.2. The number of rotatable bonds is 9. The Morgan fingerprint density at radius 1 is 0.969 bits per heavy atom. The molecule has 1 saturated heterocycles. The second-order valence-electron chi connectivity index (χ2n) is 7.26. The molecule has 1 aliphatic rings. The van der Waals surface area contributed by atoms with Crippen LogP contribution >= 0.6 is 0 Å². The molecule has 10 heteroatoms. The van der Waals surface area contributed by atoms with Crippen LogP contribution < -0.4 is 29.7 Å². The van der Waals surface area contributed by atoms with E-state index in [9.17, 15) is 0 Å². The van der Waals surface area contributed by atoms with Crippen molar-refractivity contribution < 1.29 is 14.2 Å². The van der Waals surface area contributed by atoms with Gasteiger partial charge in [0.25, 0.3) is 0 Å². The minimum Gasteiger partial charge on any atom is -0.493 e. The minimum absolute atomic E-state index is 0.576. The van der Waals surface area contributed by atoms with E-state index in [2.05, 4.69) is 35.4 Å². The molecule has 0 aliphatic carbocycles. The number of benzene rings is 1. The summed E-state index contributed by atoms with van der Waals surface area (Å²) >= 11 is 0. The maximum absolute atomic E-state index is 5.42. The van der Waals surface area contributed by atoms with E-state index >= 15 is 0 Å². The lowest BCUT2D eigenvalue weighted by molar-refractivity contribution is 0.260. The number of aliphatic imine (C=N–C) groups is 1. The van der Waals surface area contributed by atoms with Crippen LogP contribution in [0.15, 0.2) is 35.6 Å². The van der Waals surface area contributed by atoms with E-state index in [1.54, 1.807) is 40.8 Å². The van der Waals surface area contributed by atoms with Crippen molar-refractivity contribution in [3.05, 3.63) is 36.2 Å². The van der Waals surface area contributed by atoms with Crippen LogP contribution in [0.3, 0.4) is 0 Å². The van der Waals surface area contributed by atoms with Gasteiger partial charge in [-0.25, -0.2) is 9.97 Å². The summed E-state index contributed by atoms with van der Waals surface area (Å²) in [6.45, 7) is 6.14. The second kappa shape index (κ2) is 11.9. The molecular formula is C22H33N7O3. The fourth-order valence-electron chi connectivity index (χ4n) is 3.60. The quantitative estimate of drug-likeness (QED) is 0.434. The van der Waals surface area contributed by atoms with Crippen molar-refractivity contribution in [3.63, 3.8) is 0 Å². The summed E-state index contributed by atoms with van der Waals surface area (Å²) in [4.78, 5) is 17.6. The molecule has 3 rings (SSSR count). The summed E-state index contributed by atoms with van der Waals surface area (Å²) in [5.74, 6) is 3.40. The van der Waals surface area contributed by atoms with Crippen LogP contribution in [-0.4, -0.2) is 88.5 Å². The van der Waals surface area contributed by atoms with Crippen molar-refractivity contribution in [2.75, 3.05) is 72.5 Å². The molecule has 2 heterocycles. The van der Waals surface area contributed by atoms with Crippen LogP contribution in [0.1, 0.15) is 5.56 Å². The Balaban J connectivity index is 1.43. The zero-order valence-electron chi connectivity index (χ0n) is 19.3. The monoisotopic (exact) mass is 443 g/mol. The van der Waals surface area contributed by atoms with E-state index in [4.69, 9.17) is 14.2 Å². The van der Waals surface area contributed by atoms with Crippen molar-refractivity contribution in [3.8, 4) is 17.2 Å². The molecule has 0 amide bonds. The SMILES string of the molecule is CN=C(NCCN1CCN(c2ncccn2)CC1)NCc1cc(OC)c(OC)c(OC)c1. The first-order chi connectivity index (χ1) is 15.7. The van der Waals surface area contributed by atoms with E-state index in [-0.39, 0.29) is 0 Å². The van der Waals surface area contributed by atoms with Gasteiger partial charge in [0.2, 0.25) is 11.7 Å². The van der Waals surface area contributed by atoms with Gasteiger partial charge < -0.3 is 29.7 Å². The average Bonchev–Trinajstić information content (AvgIpc) is 2.86. The Morgan fingerprint density at radius 2 is 1.62 bits per heavy atom. The third-order valence-corrected chi connectivity index (χ3v) is 5.34. The predicted molar refractivity (Wildman–Crippen MR) is 125 cm³/mol. The fourth-order valence-corrected chi connectivity index (χ4v) is 3.60. The number of guanidine groups is 1. The Bertz CT molecular complexity index is 846. The summed E-state index contributed by atoms with van der Waals surface area (Å²) in [6, 6.07) is 5.70. The van der Waals surface area contributed by atoms with Gasteiger partial charge in [0, 0.05) is 65.3 Å². The molecule has 1 aromatic heterocycles. The van der Waals surface area contributed by atoms with Crippen LogP contribution in [-0.2, 0) is 6.54 Å². The highest BCUT2D eigenvalue weighted by atomic mass is 16.5. The molecule has 0 saturated carbocycles. The van der Waals surface area contributed by atoms with Crippen LogP contribution in [0, 0.1) is 0 Å². The molecule has 1 aliphatic heterocycles. The number of piperazine rings is 1. The van der Waals surface area contributed by atoms with Crippen LogP contribution in [0.2, 0.25) is 0 Å². The fraction of sp³-hybridized carbons (Fsp3) is 0.500. The molecule has 174 valence electrons. The topological polar surface area (TPSA) is 96.4 Å². The number of anilines is 1. The molecule has 0 atom stereocenters. The normalized spacial score (nSPS) is 14.8. The Morgan fingerprint density at radius 3 is 2.19 bits per heavy atom. The van der Waals surface area contributed by atoms with Gasteiger partial charge in [-0.1, -0.05) is 0 Å². The Labute approximate surface area is 189 Å². The van der Waals surface area contributed by atoms with E-state index in [0.717, 1.165) is 56.7 Å². The van der Waals surface area contributed by atoms with Crippen molar-refractivity contribution >= 4 is 11.9 Å².